The Bertz CT molecular complexity index is 888. The Morgan fingerprint density at radius 1 is 1.17 bits per heavy atom. The van der Waals surface area contributed by atoms with E-state index in [2.05, 4.69) is 36.6 Å². The SMILES string of the molecule is C=C(NCC(C)(C)C(=C)O)C(=C)/C(O)=C\C(=C/C)C1=CC(=C)/C(=N\C=C/C)C=C1. The van der Waals surface area contributed by atoms with Gasteiger partial charge in [0.15, 0.2) is 0 Å². The van der Waals surface area contributed by atoms with Crippen LogP contribution in [0.2, 0.25) is 0 Å². The van der Waals surface area contributed by atoms with E-state index in [1.165, 1.54) is 0 Å². The van der Waals surface area contributed by atoms with Crippen LogP contribution in [0, 0.1) is 5.41 Å². The van der Waals surface area contributed by atoms with Gasteiger partial charge < -0.3 is 15.5 Å². The summed E-state index contributed by atoms with van der Waals surface area (Å²) >= 11 is 0. The highest BCUT2D eigenvalue weighted by molar-refractivity contribution is 6.12. The molecule has 0 bridgehead atoms. The third-order valence-corrected chi connectivity index (χ3v) is 4.58. The summed E-state index contributed by atoms with van der Waals surface area (Å²) in [6.45, 7) is 23.4. The molecule has 0 aromatic heterocycles. The smallest absolute Gasteiger partial charge is 0.124 e. The normalized spacial score (nSPS) is 16.9. The van der Waals surface area contributed by atoms with Gasteiger partial charge in [-0.05, 0) is 48.8 Å². The predicted octanol–water partition coefficient (Wildman–Crippen LogP) is 6.16. The number of aliphatic imine (C=N–C) groups is 1. The lowest BCUT2D eigenvalue weighted by atomic mass is 9.91. The van der Waals surface area contributed by atoms with Gasteiger partial charge in [-0.3, -0.25) is 4.99 Å². The average molecular weight is 393 g/mol. The van der Waals surface area contributed by atoms with Gasteiger partial charge in [0.05, 0.1) is 11.5 Å². The highest BCUT2D eigenvalue weighted by Crippen LogP contribution is 2.25. The van der Waals surface area contributed by atoms with Crippen LogP contribution in [0.4, 0.5) is 0 Å². The van der Waals surface area contributed by atoms with Crippen molar-refractivity contribution in [1.82, 2.24) is 5.32 Å². The van der Waals surface area contributed by atoms with Crippen molar-refractivity contribution in [2.24, 2.45) is 10.4 Å². The molecule has 154 valence electrons. The molecule has 0 saturated heterocycles. The first-order chi connectivity index (χ1) is 13.5. The first kappa shape index (κ1) is 23.8. The molecule has 1 aliphatic rings. The summed E-state index contributed by atoms with van der Waals surface area (Å²) in [5.41, 5.74) is 3.65. The number of nitrogens with zero attached hydrogens (tertiary/aromatic N) is 1. The van der Waals surface area contributed by atoms with Crippen molar-refractivity contribution in [3.8, 4) is 0 Å². The Hall–Kier alpha value is -3.27. The number of hydrogen-bond acceptors (Lipinski definition) is 4. The molecular formula is C25H32N2O2. The summed E-state index contributed by atoms with van der Waals surface area (Å²) in [7, 11) is 0. The van der Waals surface area contributed by atoms with Crippen LogP contribution in [0.5, 0.6) is 0 Å². The van der Waals surface area contributed by atoms with Gasteiger partial charge in [0.1, 0.15) is 5.76 Å². The van der Waals surface area contributed by atoms with Crippen LogP contribution in [-0.2, 0) is 0 Å². The van der Waals surface area contributed by atoms with E-state index in [0.29, 0.717) is 17.8 Å². The molecule has 0 fully saturated rings. The van der Waals surface area contributed by atoms with Crippen LogP contribution in [0.3, 0.4) is 0 Å². The Morgan fingerprint density at radius 3 is 2.34 bits per heavy atom. The Labute approximate surface area is 174 Å². The number of allylic oxidation sites excluding steroid dienone is 9. The lowest BCUT2D eigenvalue weighted by Gasteiger charge is -2.25. The maximum Gasteiger partial charge on any atom is 0.124 e. The van der Waals surface area contributed by atoms with Crippen molar-refractivity contribution in [2.75, 3.05) is 6.54 Å². The molecule has 0 heterocycles. The summed E-state index contributed by atoms with van der Waals surface area (Å²) < 4.78 is 0. The van der Waals surface area contributed by atoms with Gasteiger partial charge in [-0.15, -0.1) is 0 Å². The predicted molar refractivity (Wildman–Crippen MR) is 125 cm³/mol. The van der Waals surface area contributed by atoms with Crippen molar-refractivity contribution in [3.63, 3.8) is 0 Å². The number of hydrogen-bond donors (Lipinski definition) is 3. The van der Waals surface area contributed by atoms with Crippen molar-refractivity contribution >= 4 is 5.71 Å². The summed E-state index contributed by atoms with van der Waals surface area (Å²) in [6, 6.07) is 0. The quantitative estimate of drug-likeness (QED) is 0.325. The zero-order valence-corrected chi connectivity index (χ0v) is 17.9. The second-order valence-corrected chi connectivity index (χ2v) is 7.37. The number of aliphatic hydroxyl groups is 2. The Kier molecular flexibility index (Phi) is 8.46. The van der Waals surface area contributed by atoms with E-state index < -0.39 is 5.41 Å². The molecule has 29 heavy (non-hydrogen) atoms. The minimum Gasteiger partial charge on any atom is -0.512 e. The van der Waals surface area contributed by atoms with Gasteiger partial charge in [-0.1, -0.05) is 58.4 Å². The van der Waals surface area contributed by atoms with Crippen LogP contribution in [0.1, 0.15) is 27.7 Å². The molecule has 4 nitrogen and oxygen atoms in total. The highest BCUT2D eigenvalue weighted by Gasteiger charge is 2.22. The van der Waals surface area contributed by atoms with E-state index in [9.17, 15) is 10.2 Å². The van der Waals surface area contributed by atoms with E-state index in [0.717, 1.165) is 22.4 Å². The van der Waals surface area contributed by atoms with Crippen molar-refractivity contribution in [2.45, 2.75) is 27.7 Å². The summed E-state index contributed by atoms with van der Waals surface area (Å²) in [6.07, 6.45) is 12.9. The first-order valence-corrected chi connectivity index (χ1v) is 9.39. The van der Waals surface area contributed by atoms with Gasteiger partial charge >= 0.3 is 0 Å². The minimum absolute atomic E-state index is 0.00419. The second-order valence-electron chi connectivity index (χ2n) is 7.37. The van der Waals surface area contributed by atoms with E-state index in [4.69, 9.17) is 0 Å². The number of aliphatic hydroxyl groups excluding tert-OH is 2. The van der Waals surface area contributed by atoms with E-state index in [1.807, 2.05) is 58.1 Å². The van der Waals surface area contributed by atoms with Gasteiger partial charge in [-0.2, -0.15) is 0 Å². The van der Waals surface area contributed by atoms with E-state index in [1.54, 1.807) is 12.3 Å². The van der Waals surface area contributed by atoms with Gasteiger partial charge in [0.25, 0.3) is 0 Å². The highest BCUT2D eigenvalue weighted by atomic mass is 16.3. The fourth-order valence-corrected chi connectivity index (χ4v) is 2.30. The van der Waals surface area contributed by atoms with Crippen LogP contribution >= 0.6 is 0 Å². The standard InChI is InChI=1S/C25H32N2O2/c1-9-13-26-23-12-11-22(14-17(23)3)21(10-2)15-24(29)18(4)19(5)27-16-25(7,8)20(6)28/h9-15,27-29H,3-6,16H2,1-2,7-8H3/b13-9-,21-10+,24-15+,26-23-. The van der Waals surface area contributed by atoms with Crippen LogP contribution in [-0.4, -0.2) is 22.5 Å². The molecule has 0 radical (unpaired) electrons. The summed E-state index contributed by atoms with van der Waals surface area (Å²) in [5.74, 6) is 0.0810. The average Bonchev–Trinajstić information content (AvgIpc) is 2.68. The topological polar surface area (TPSA) is 64.8 Å². The molecule has 0 saturated carbocycles. The third kappa shape index (κ3) is 6.68. The lowest BCUT2D eigenvalue weighted by molar-refractivity contribution is 0.257. The van der Waals surface area contributed by atoms with E-state index >= 15 is 0 Å². The molecule has 0 aromatic carbocycles. The molecule has 0 amide bonds. The maximum absolute atomic E-state index is 10.5. The van der Waals surface area contributed by atoms with Gasteiger partial charge in [-0.25, -0.2) is 0 Å². The molecule has 3 N–H and O–H groups in total. The van der Waals surface area contributed by atoms with Crippen molar-refractivity contribution in [1.29, 1.82) is 0 Å². The minimum atomic E-state index is -0.526. The fraction of sp³-hybridized carbons (Fsp3) is 0.240. The Balaban J connectivity index is 2.94. The van der Waals surface area contributed by atoms with Crippen molar-refractivity contribution in [3.05, 3.63) is 108 Å². The molecule has 0 unspecified atom stereocenters. The monoisotopic (exact) mass is 392 g/mol. The molecule has 0 spiro atoms. The summed E-state index contributed by atoms with van der Waals surface area (Å²) in [5, 5.41) is 23.3. The molecule has 0 atom stereocenters. The van der Waals surface area contributed by atoms with Gasteiger partial charge in [0.2, 0.25) is 0 Å². The fourth-order valence-electron chi connectivity index (χ4n) is 2.30. The Morgan fingerprint density at radius 2 is 1.83 bits per heavy atom. The molecular weight excluding hydrogens is 360 g/mol. The van der Waals surface area contributed by atoms with Crippen LogP contribution in [0.25, 0.3) is 0 Å². The zero-order valence-electron chi connectivity index (χ0n) is 17.9. The zero-order chi connectivity index (χ0) is 22.2. The van der Waals surface area contributed by atoms with E-state index in [-0.39, 0.29) is 11.5 Å². The molecule has 0 aromatic rings. The third-order valence-electron chi connectivity index (χ3n) is 4.58. The molecule has 1 aliphatic carbocycles. The molecule has 0 aliphatic heterocycles. The second kappa shape index (κ2) is 10.3. The van der Waals surface area contributed by atoms with Crippen LogP contribution < -0.4 is 5.32 Å². The van der Waals surface area contributed by atoms with Gasteiger partial charge in [0, 0.05) is 29.4 Å². The van der Waals surface area contributed by atoms with Crippen LogP contribution in [0.15, 0.2) is 113 Å². The maximum atomic E-state index is 10.5. The largest absolute Gasteiger partial charge is 0.512 e. The molecule has 4 heteroatoms. The number of rotatable bonds is 9. The number of nitrogens with one attached hydrogen (secondary N) is 1. The summed E-state index contributed by atoms with van der Waals surface area (Å²) in [4.78, 5) is 4.33. The first-order valence-electron chi connectivity index (χ1n) is 9.39. The molecule has 1 rings (SSSR count). The van der Waals surface area contributed by atoms with Crippen molar-refractivity contribution < 1.29 is 10.2 Å². The lowest BCUT2D eigenvalue weighted by Crippen LogP contribution is -2.30.